The van der Waals surface area contributed by atoms with Gasteiger partial charge in [0.05, 0.1) is 0 Å². The molecule has 0 saturated heterocycles. The Morgan fingerprint density at radius 3 is 2.77 bits per heavy atom. The first kappa shape index (κ1) is 15.7. The number of thioether (sulfide) groups is 1. The highest BCUT2D eigenvalue weighted by Crippen LogP contribution is 2.53. The quantitative estimate of drug-likeness (QED) is 0.847. The first-order chi connectivity index (χ1) is 10.3. The fraction of sp³-hybridized carbons (Fsp3) is 0.429. The van der Waals surface area contributed by atoms with Crippen molar-refractivity contribution in [2.75, 3.05) is 11.1 Å². The number of fused-ring (bicyclic) bond motifs is 1. The van der Waals surface area contributed by atoms with Crippen molar-refractivity contribution >= 4 is 41.3 Å². The number of benzene rings is 1. The Hall–Kier alpha value is -1.21. The third-order valence-corrected chi connectivity index (χ3v) is 5.54. The van der Waals surface area contributed by atoms with Gasteiger partial charge < -0.3 is 5.32 Å². The lowest BCUT2D eigenvalue weighted by atomic mass is 9.96. The molecule has 1 aliphatic carbocycles. The molecule has 2 amide bonds. The Bertz CT molecular complexity index is 645. The number of nitrogens with one attached hydrogen (secondary N) is 1. The lowest BCUT2D eigenvalue weighted by Gasteiger charge is -2.32. The second kappa shape index (κ2) is 5.45. The summed E-state index contributed by atoms with van der Waals surface area (Å²) in [5.74, 6) is 0.665. The summed E-state index contributed by atoms with van der Waals surface area (Å²) < 4.78 is 39.3. The lowest BCUT2D eigenvalue weighted by molar-refractivity contribution is -0.143. The van der Waals surface area contributed by atoms with E-state index in [-0.39, 0.29) is 16.3 Å². The predicted molar refractivity (Wildman–Crippen MR) is 81.9 cm³/mol. The Morgan fingerprint density at radius 2 is 2.14 bits per heavy atom. The van der Waals surface area contributed by atoms with E-state index in [2.05, 4.69) is 10.3 Å². The van der Waals surface area contributed by atoms with E-state index in [0.717, 1.165) is 24.6 Å². The number of aliphatic imine (C=N–C) groups is 1. The maximum absolute atomic E-state index is 13.9. The van der Waals surface area contributed by atoms with Gasteiger partial charge in [-0.15, -0.1) is 11.8 Å². The van der Waals surface area contributed by atoms with E-state index < -0.39 is 17.0 Å². The molecule has 0 radical (unpaired) electrons. The van der Waals surface area contributed by atoms with Crippen LogP contribution in [0.3, 0.4) is 0 Å². The average Bonchev–Trinajstić information content (AvgIpc) is 3.24. The molecule has 1 atom stereocenters. The van der Waals surface area contributed by atoms with Crippen molar-refractivity contribution in [1.82, 2.24) is 0 Å². The molecule has 22 heavy (non-hydrogen) atoms. The van der Waals surface area contributed by atoms with E-state index in [4.69, 9.17) is 11.6 Å². The molecule has 3 rings (SSSR count). The van der Waals surface area contributed by atoms with E-state index in [1.165, 1.54) is 18.2 Å². The second-order valence-electron chi connectivity index (χ2n) is 5.37. The van der Waals surface area contributed by atoms with Crippen molar-refractivity contribution < 1.29 is 18.0 Å². The summed E-state index contributed by atoms with van der Waals surface area (Å²) in [7, 11) is 0. The van der Waals surface area contributed by atoms with Gasteiger partial charge >= 0.3 is 12.2 Å². The van der Waals surface area contributed by atoms with E-state index in [1.54, 1.807) is 0 Å². The number of rotatable bonds is 3. The highest BCUT2D eigenvalue weighted by Gasteiger charge is 2.58. The molecular weight excluding hydrogens is 337 g/mol. The van der Waals surface area contributed by atoms with Crippen LogP contribution in [0, 0.1) is 5.92 Å². The fourth-order valence-corrected chi connectivity index (χ4v) is 3.88. The number of carbonyl (C=O) groups excluding carboxylic acids is 1. The SMILES string of the molecule is O=C1N=CC(SCC2CC2)(C(F)(F)F)c2cc(Cl)ccc2N1. The van der Waals surface area contributed by atoms with Crippen LogP contribution < -0.4 is 5.32 Å². The van der Waals surface area contributed by atoms with Crippen molar-refractivity contribution in [3.63, 3.8) is 0 Å². The Morgan fingerprint density at radius 1 is 1.41 bits per heavy atom. The summed E-state index contributed by atoms with van der Waals surface area (Å²) in [4.78, 5) is 15.0. The predicted octanol–water partition coefficient (Wildman–Crippen LogP) is 4.86. The number of alkyl halides is 3. The molecule has 8 heteroatoms. The minimum absolute atomic E-state index is 0.0762. The van der Waals surface area contributed by atoms with Crippen LogP contribution in [0.15, 0.2) is 23.2 Å². The zero-order chi connectivity index (χ0) is 16.0. The third kappa shape index (κ3) is 2.84. The molecular formula is C14H12ClF3N2OS. The Kier molecular flexibility index (Phi) is 3.89. The Labute approximate surface area is 134 Å². The van der Waals surface area contributed by atoms with Crippen LogP contribution in [0.4, 0.5) is 23.7 Å². The molecule has 0 bridgehead atoms. The molecule has 2 aliphatic rings. The van der Waals surface area contributed by atoms with Crippen LogP contribution >= 0.6 is 23.4 Å². The first-order valence-electron chi connectivity index (χ1n) is 6.69. The molecule has 1 aliphatic heterocycles. The first-order valence-corrected chi connectivity index (χ1v) is 8.05. The maximum Gasteiger partial charge on any atom is 0.412 e. The molecule has 0 spiro atoms. The number of carbonyl (C=O) groups is 1. The highest BCUT2D eigenvalue weighted by atomic mass is 35.5. The summed E-state index contributed by atoms with van der Waals surface area (Å²) in [6, 6.07) is 3.25. The van der Waals surface area contributed by atoms with E-state index in [9.17, 15) is 18.0 Å². The number of anilines is 1. The highest BCUT2D eigenvalue weighted by molar-refractivity contribution is 8.01. The van der Waals surface area contributed by atoms with Gasteiger partial charge in [-0.25, -0.2) is 9.79 Å². The minimum Gasteiger partial charge on any atom is -0.306 e. The van der Waals surface area contributed by atoms with Gasteiger partial charge in [0.25, 0.3) is 0 Å². The standard InChI is InChI=1S/C14H12ClF3N2OS/c15-9-3-4-11-10(5-9)13(14(16,17)18,7-19-12(21)20-11)22-6-8-1-2-8/h3-5,7-8H,1-2,6H2,(H,20,21). The van der Waals surface area contributed by atoms with Gasteiger partial charge in [0.1, 0.15) is 0 Å². The number of hydrogen-bond donors (Lipinski definition) is 1. The largest absolute Gasteiger partial charge is 0.412 e. The van der Waals surface area contributed by atoms with Crippen LogP contribution in [0.5, 0.6) is 0 Å². The van der Waals surface area contributed by atoms with Crippen LogP contribution in [0.1, 0.15) is 18.4 Å². The van der Waals surface area contributed by atoms with Crippen molar-refractivity contribution in [1.29, 1.82) is 0 Å². The van der Waals surface area contributed by atoms with Gasteiger partial charge in [0, 0.05) is 22.5 Å². The zero-order valence-corrected chi connectivity index (χ0v) is 12.9. The molecule has 1 N–H and O–H groups in total. The van der Waals surface area contributed by atoms with Gasteiger partial charge in [0.2, 0.25) is 0 Å². The van der Waals surface area contributed by atoms with Crippen molar-refractivity contribution in [3.05, 3.63) is 28.8 Å². The average molecular weight is 349 g/mol. The van der Waals surface area contributed by atoms with Gasteiger partial charge in [-0.1, -0.05) is 11.6 Å². The van der Waals surface area contributed by atoms with Crippen molar-refractivity contribution in [2.24, 2.45) is 10.9 Å². The van der Waals surface area contributed by atoms with Gasteiger partial charge in [0.15, 0.2) is 4.75 Å². The Balaban J connectivity index is 2.14. The number of nitrogens with zero attached hydrogens (tertiary/aromatic N) is 1. The van der Waals surface area contributed by atoms with E-state index in [1.807, 2.05) is 0 Å². The summed E-state index contributed by atoms with van der Waals surface area (Å²) >= 11 is 6.65. The molecule has 1 aromatic rings. The number of amides is 2. The van der Waals surface area contributed by atoms with Gasteiger partial charge in [-0.3, -0.25) is 0 Å². The van der Waals surface area contributed by atoms with Crippen molar-refractivity contribution in [2.45, 2.75) is 23.8 Å². The third-order valence-electron chi connectivity index (χ3n) is 3.65. The maximum atomic E-state index is 13.9. The zero-order valence-electron chi connectivity index (χ0n) is 11.3. The molecule has 1 aromatic carbocycles. The van der Waals surface area contributed by atoms with Gasteiger partial charge in [-0.05, 0) is 42.7 Å². The summed E-state index contributed by atoms with van der Waals surface area (Å²) in [6.07, 6.45) is -2.01. The number of urea groups is 1. The molecule has 1 fully saturated rings. The van der Waals surface area contributed by atoms with E-state index in [0.29, 0.717) is 17.9 Å². The number of halogens is 4. The molecule has 3 nitrogen and oxygen atoms in total. The van der Waals surface area contributed by atoms with Crippen LogP contribution in [0.2, 0.25) is 5.02 Å². The minimum atomic E-state index is -4.60. The van der Waals surface area contributed by atoms with Crippen molar-refractivity contribution in [3.8, 4) is 0 Å². The van der Waals surface area contributed by atoms with E-state index >= 15 is 0 Å². The summed E-state index contributed by atoms with van der Waals surface area (Å²) in [6.45, 7) is 0. The second-order valence-corrected chi connectivity index (χ2v) is 7.07. The fourth-order valence-electron chi connectivity index (χ4n) is 2.26. The summed E-state index contributed by atoms with van der Waals surface area (Å²) in [5.41, 5.74) is 0.0141. The number of hydrogen-bond acceptors (Lipinski definition) is 2. The molecule has 118 valence electrons. The monoisotopic (exact) mass is 348 g/mol. The molecule has 1 saturated carbocycles. The normalized spacial score (nSPS) is 24.6. The smallest absolute Gasteiger partial charge is 0.306 e. The van der Waals surface area contributed by atoms with Crippen LogP contribution in [-0.2, 0) is 4.75 Å². The molecule has 0 aromatic heterocycles. The van der Waals surface area contributed by atoms with Crippen LogP contribution in [-0.4, -0.2) is 24.2 Å². The summed E-state index contributed by atoms with van der Waals surface area (Å²) in [5, 5.41) is 2.56. The molecule has 1 unspecified atom stereocenters. The molecule has 1 heterocycles. The lowest BCUT2D eigenvalue weighted by Crippen LogP contribution is -2.41. The van der Waals surface area contributed by atoms with Gasteiger partial charge in [-0.2, -0.15) is 13.2 Å². The van der Waals surface area contributed by atoms with Crippen LogP contribution in [0.25, 0.3) is 0 Å². The topological polar surface area (TPSA) is 41.5 Å².